The van der Waals surface area contributed by atoms with Gasteiger partial charge >= 0.3 is 0 Å². The van der Waals surface area contributed by atoms with Crippen molar-refractivity contribution in [2.45, 2.75) is 13.0 Å². The topological polar surface area (TPSA) is 96.7 Å². The summed E-state index contributed by atoms with van der Waals surface area (Å²) < 4.78 is 34.3. The average Bonchev–Trinajstić information content (AvgIpc) is 3.34. The summed E-state index contributed by atoms with van der Waals surface area (Å²) in [4.78, 5) is 17.6. The molecule has 0 aliphatic rings. The summed E-state index contributed by atoms with van der Waals surface area (Å²) in [6.45, 7) is 1.73. The molecule has 1 amide bonds. The molecule has 0 saturated heterocycles. The van der Waals surface area contributed by atoms with Crippen LogP contribution < -0.4 is 5.32 Å². The maximum absolute atomic E-state index is 14.1. The van der Waals surface area contributed by atoms with E-state index in [0.717, 1.165) is 12.1 Å². The number of rotatable bonds is 4. The first kappa shape index (κ1) is 19.3. The van der Waals surface area contributed by atoms with E-state index in [-0.39, 0.29) is 11.1 Å². The van der Waals surface area contributed by atoms with Gasteiger partial charge in [0.15, 0.2) is 11.4 Å². The van der Waals surface area contributed by atoms with Gasteiger partial charge in [-0.05, 0) is 31.2 Å². The van der Waals surface area contributed by atoms with Crippen molar-refractivity contribution in [1.82, 2.24) is 20.1 Å². The molecule has 0 saturated carbocycles. The maximum Gasteiger partial charge on any atom is 0.253 e. The Labute approximate surface area is 169 Å². The lowest BCUT2D eigenvalue weighted by Gasteiger charge is -2.14. The largest absolute Gasteiger partial charge is 0.463 e. The van der Waals surface area contributed by atoms with Gasteiger partial charge in [-0.15, -0.1) is 0 Å². The van der Waals surface area contributed by atoms with Gasteiger partial charge in [0.1, 0.15) is 23.4 Å². The summed E-state index contributed by atoms with van der Waals surface area (Å²) in [5.41, 5.74) is 1.50. The van der Waals surface area contributed by atoms with E-state index in [0.29, 0.717) is 34.2 Å². The van der Waals surface area contributed by atoms with Crippen LogP contribution in [0.1, 0.15) is 27.7 Å². The number of nitriles is 1. The summed E-state index contributed by atoms with van der Waals surface area (Å²) in [5.74, 6) is -1.87. The Bertz CT molecular complexity index is 1310. The summed E-state index contributed by atoms with van der Waals surface area (Å²) in [5, 5.41) is 16.8. The molecule has 4 rings (SSSR count). The number of halogens is 2. The molecule has 4 aromatic rings. The minimum Gasteiger partial charge on any atom is -0.463 e. The summed E-state index contributed by atoms with van der Waals surface area (Å²) >= 11 is 0. The van der Waals surface area contributed by atoms with Crippen LogP contribution in [0.25, 0.3) is 22.5 Å². The summed E-state index contributed by atoms with van der Waals surface area (Å²) in [6.07, 6.45) is 1.48. The Balaban J connectivity index is 1.79. The number of carbonyl (C=O) groups excluding carboxylic acids is 1. The van der Waals surface area contributed by atoms with E-state index < -0.39 is 23.6 Å². The number of amides is 1. The van der Waals surface area contributed by atoms with Crippen LogP contribution in [0.5, 0.6) is 0 Å². The molecule has 0 spiro atoms. The van der Waals surface area contributed by atoms with Crippen LogP contribution in [-0.4, -0.2) is 20.7 Å². The van der Waals surface area contributed by atoms with Crippen LogP contribution in [0.15, 0.2) is 47.1 Å². The normalized spacial score (nSPS) is 12.0. The van der Waals surface area contributed by atoms with Crippen molar-refractivity contribution in [3.05, 3.63) is 71.1 Å². The first-order chi connectivity index (χ1) is 14.4. The Morgan fingerprint density at radius 3 is 2.77 bits per heavy atom. The SMILES string of the molecule is Cc1nn(C)c2nc(-c3ccco3)cc(C(=O)NC(C#N)c3ccc(F)cc3F)c12. The number of fused-ring (bicyclic) bond motifs is 1. The Morgan fingerprint density at radius 2 is 2.10 bits per heavy atom. The second-order valence-corrected chi connectivity index (χ2v) is 6.64. The number of aromatic nitrogens is 3. The number of hydrogen-bond donors (Lipinski definition) is 1. The molecular formula is C21H15F2N5O2. The highest BCUT2D eigenvalue weighted by atomic mass is 19.1. The molecular weight excluding hydrogens is 392 g/mol. The van der Waals surface area contributed by atoms with E-state index in [4.69, 9.17) is 4.42 Å². The third-order valence-electron chi connectivity index (χ3n) is 4.66. The number of nitrogens with one attached hydrogen (secondary N) is 1. The zero-order valence-corrected chi connectivity index (χ0v) is 16.0. The summed E-state index contributed by atoms with van der Waals surface area (Å²) in [7, 11) is 1.70. The lowest BCUT2D eigenvalue weighted by atomic mass is 10.0. The molecule has 1 aromatic carbocycles. The van der Waals surface area contributed by atoms with Crippen LogP contribution in [0.4, 0.5) is 8.78 Å². The number of aryl methyl sites for hydroxylation is 2. The van der Waals surface area contributed by atoms with Gasteiger partial charge in [0.25, 0.3) is 5.91 Å². The molecule has 1 N–H and O–H groups in total. The van der Waals surface area contributed by atoms with Gasteiger partial charge in [-0.1, -0.05) is 6.07 Å². The van der Waals surface area contributed by atoms with Crippen molar-refractivity contribution in [2.24, 2.45) is 7.05 Å². The molecule has 0 bridgehead atoms. The van der Waals surface area contributed by atoms with Crippen molar-refractivity contribution in [3.63, 3.8) is 0 Å². The quantitative estimate of drug-likeness (QED) is 0.555. The number of furan rings is 1. The molecule has 3 heterocycles. The third-order valence-corrected chi connectivity index (χ3v) is 4.66. The first-order valence-electron chi connectivity index (χ1n) is 8.92. The predicted octanol–water partition coefficient (Wildman–Crippen LogP) is 3.81. The van der Waals surface area contributed by atoms with E-state index in [1.54, 1.807) is 26.1 Å². The Morgan fingerprint density at radius 1 is 1.30 bits per heavy atom. The van der Waals surface area contributed by atoms with Gasteiger partial charge in [0.05, 0.1) is 29.0 Å². The monoisotopic (exact) mass is 407 g/mol. The molecule has 0 radical (unpaired) electrons. The highest BCUT2D eigenvalue weighted by Gasteiger charge is 2.24. The van der Waals surface area contributed by atoms with E-state index in [2.05, 4.69) is 15.4 Å². The molecule has 150 valence electrons. The highest BCUT2D eigenvalue weighted by Crippen LogP contribution is 2.28. The van der Waals surface area contributed by atoms with Gasteiger partial charge in [0.2, 0.25) is 0 Å². The van der Waals surface area contributed by atoms with Gasteiger partial charge in [-0.25, -0.2) is 13.8 Å². The lowest BCUT2D eigenvalue weighted by Crippen LogP contribution is -2.28. The van der Waals surface area contributed by atoms with Crippen LogP contribution in [0.2, 0.25) is 0 Å². The predicted molar refractivity (Wildman–Crippen MR) is 103 cm³/mol. The van der Waals surface area contributed by atoms with Gasteiger partial charge < -0.3 is 9.73 Å². The van der Waals surface area contributed by atoms with E-state index in [1.165, 1.54) is 17.0 Å². The molecule has 1 atom stereocenters. The van der Waals surface area contributed by atoms with Crippen LogP contribution in [0.3, 0.4) is 0 Å². The standard InChI is InChI=1S/C21H15F2N5O2/c1-11-19-14(9-16(18-4-3-7-30-18)25-20(19)28(2)27-11)21(29)26-17(10-24)13-6-5-12(22)8-15(13)23/h3-9,17H,1-2H3,(H,26,29). The van der Waals surface area contributed by atoms with Gasteiger partial charge in [-0.2, -0.15) is 10.4 Å². The zero-order valence-electron chi connectivity index (χ0n) is 16.0. The second-order valence-electron chi connectivity index (χ2n) is 6.64. The highest BCUT2D eigenvalue weighted by molar-refractivity contribution is 6.07. The van der Waals surface area contributed by atoms with Gasteiger partial charge in [-0.3, -0.25) is 9.48 Å². The lowest BCUT2D eigenvalue weighted by molar-refractivity contribution is 0.0946. The Hall–Kier alpha value is -4.06. The molecule has 7 nitrogen and oxygen atoms in total. The van der Waals surface area contributed by atoms with E-state index in [9.17, 15) is 18.8 Å². The minimum absolute atomic E-state index is 0.133. The average molecular weight is 407 g/mol. The first-order valence-corrected chi connectivity index (χ1v) is 8.92. The molecule has 3 aromatic heterocycles. The van der Waals surface area contributed by atoms with Gasteiger partial charge in [0, 0.05) is 18.7 Å². The fourth-order valence-corrected chi connectivity index (χ4v) is 3.30. The molecule has 9 heteroatoms. The number of nitrogens with zero attached hydrogens (tertiary/aromatic N) is 4. The van der Waals surface area contributed by atoms with E-state index in [1.807, 2.05) is 6.07 Å². The fourth-order valence-electron chi connectivity index (χ4n) is 3.30. The van der Waals surface area contributed by atoms with Crippen LogP contribution >= 0.6 is 0 Å². The number of carbonyl (C=O) groups is 1. The smallest absolute Gasteiger partial charge is 0.253 e. The fraction of sp³-hybridized carbons (Fsp3) is 0.143. The van der Waals surface area contributed by atoms with Crippen molar-refractivity contribution in [1.29, 1.82) is 5.26 Å². The van der Waals surface area contributed by atoms with Crippen molar-refractivity contribution in [3.8, 4) is 17.5 Å². The van der Waals surface area contributed by atoms with E-state index >= 15 is 0 Å². The van der Waals surface area contributed by atoms with Crippen molar-refractivity contribution >= 4 is 16.9 Å². The maximum atomic E-state index is 14.1. The number of hydrogen-bond acceptors (Lipinski definition) is 5. The van der Waals surface area contributed by atoms with Crippen molar-refractivity contribution in [2.75, 3.05) is 0 Å². The molecule has 1 unspecified atom stereocenters. The van der Waals surface area contributed by atoms with Crippen LogP contribution in [0, 0.1) is 29.9 Å². The zero-order chi connectivity index (χ0) is 21.4. The van der Waals surface area contributed by atoms with Crippen molar-refractivity contribution < 1.29 is 18.0 Å². The molecule has 0 aliphatic carbocycles. The van der Waals surface area contributed by atoms with Crippen LogP contribution in [-0.2, 0) is 7.05 Å². The molecule has 0 aliphatic heterocycles. The molecule has 0 fully saturated rings. The number of benzene rings is 1. The minimum atomic E-state index is -1.31. The summed E-state index contributed by atoms with van der Waals surface area (Å²) in [6, 6.07) is 8.27. The number of pyridine rings is 1. The molecule has 30 heavy (non-hydrogen) atoms. The third kappa shape index (κ3) is 3.28. The Kier molecular flexibility index (Phi) is 4.75. The second kappa shape index (κ2) is 7.40.